The van der Waals surface area contributed by atoms with Gasteiger partial charge in [0.25, 0.3) is 0 Å². The minimum absolute atomic E-state index is 0.286. The molecule has 0 saturated carbocycles. The number of benzene rings is 2. The van der Waals surface area contributed by atoms with Crippen molar-refractivity contribution in [1.29, 1.82) is 0 Å². The minimum Gasteiger partial charge on any atom is -0.494 e. The molecule has 2 aromatic carbocycles. The van der Waals surface area contributed by atoms with E-state index in [-0.39, 0.29) is 5.56 Å². The quantitative estimate of drug-likeness (QED) is 0.845. The number of hydrogen-bond donors (Lipinski definition) is 2. The van der Waals surface area contributed by atoms with Crippen LogP contribution in [0, 0.1) is 0 Å². The lowest BCUT2D eigenvalue weighted by molar-refractivity contribution is 0.0697. The lowest BCUT2D eigenvalue weighted by atomic mass is 10.2. The summed E-state index contributed by atoms with van der Waals surface area (Å²) in [5, 5.41) is 12.1. The van der Waals surface area contributed by atoms with E-state index in [9.17, 15) is 4.79 Å². The van der Waals surface area contributed by atoms with Crippen LogP contribution in [0.2, 0.25) is 0 Å². The highest BCUT2D eigenvalue weighted by Crippen LogP contribution is 2.15. The minimum atomic E-state index is -0.916. The topological polar surface area (TPSA) is 58.6 Å². The molecular formula is C16H17NO3. The maximum atomic E-state index is 10.8. The SMILES string of the molecule is CCOc1cccc(CNc2ccc(C(=O)O)cc2)c1. The Morgan fingerprint density at radius 2 is 1.95 bits per heavy atom. The van der Waals surface area contributed by atoms with Crippen LogP contribution in [0.25, 0.3) is 0 Å². The monoisotopic (exact) mass is 271 g/mol. The molecule has 0 bridgehead atoms. The van der Waals surface area contributed by atoms with Crippen LogP contribution in [0.1, 0.15) is 22.8 Å². The Balaban J connectivity index is 1.97. The van der Waals surface area contributed by atoms with E-state index < -0.39 is 5.97 Å². The first-order valence-corrected chi connectivity index (χ1v) is 6.48. The first-order chi connectivity index (χ1) is 9.69. The van der Waals surface area contributed by atoms with Crippen molar-refractivity contribution in [3.05, 3.63) is 59.7 Å². The number of rotatable bonds is 6. The number of carbonyl (C=O) groups is 1. The Kier molecular flexibility index (Phi) is 4.60. The molecule has 104 valence electrons. The van der Waals surface area contributed by atoms with E-state index in [1.54, 1.807) is 24.3 Å². The van der Waals surface area contributed by atoms with Gasteiger partial charge in [0.05, 0.1) is 12.2 Å². The Bertz CT molecular complexity index is 579. The Labute approximate surface area is 118 Å². The molecule has 0 fully saturated rings. The van der Waals surface area contributed by atoms with Crippen molar-refractivity contribution >= 4 is 11.7 Å². The largest absolute Gasteiger partial charge is 0.494 e. The first-order valence-electron chi connectivity index (χ1n) is 6.48. The molecule has 0 aromatic heterocycles. The summed E-state index contributed by atoms with van der Waals surface area (Å²) in [4.78, 5) is 10.8. The van der Waals surface area contributed by atoms with E-state index in [0.29, 0.717) is 13.2 Å². The fourth-order valence-corrected chi connectivity index (χ4v) is 1.85. The number of aromatic carboxylic acids is 1. The molecule has 0 atom stereocenters. The van der Waals surface area contributed by atoms with Gasteiger partial charge in [0.15, 0.2) is 0 Å². The van der Waals surface area contributed by atoms with Crippen LogP contribution >= 0.6 is 0 Å². The molecule has 2 rings (SSSR count). The summed E-state index contributed by atoms with van der Waals surface area (Å²) in [6.45, 7) is 3.26. The molecule has 0 heterocycles. The lowest BCUT2D eigenvalue weighted by Crippen LogP contribution is -2.01. The van der Waals surface area contributed by atoms with E-state index in [4.69, 9.17) is 9.84 Å². The maximum absolute atomic E-state index is 10.8. The van der Waals surface area contributed by atoms with Gasteiger partial charge in [-0.1, -0.05) is 12.1 Å². The third kappa shape index (κ3) is 3.75. The van der Waals surface area contributed by atoms with Crippen LogP contribution in [-0.2, 0) is 6.54 Å². The summed E-state index contributed by atoms with van der Waals surface area (Å²) in [6, 6.07) is 14.6. The van der Waals surface area contributed by atoms with Crippen LogP contribution in [0.3, 0.4) is 0 Å². The molecule has 4 nitrogen and oxygen atoms in total. The van der Waals surface area contributed by atoms with Gasteiger partial charge in [0.2, 0.25) is 0 Å². The summed E-state index contributed by atoms with van der Waals surface area (Å²) < 4.78 is 5.45. The number of carboxylic acid groups (broad SMARTS) is 1. The van der Waals surface area contributed by atoms with E-state index in [2.05, 4.69) is 5.32 Å². The van der Waals surface area contributed by atoms with Crippen molar-refractivity contribution < 1.29 is 14.6 Å². The van der Waals surface area contributed by atoms with Crippen molar-refractivity contribution in [2.75, 3.05) is 11.9 Å². The van der Waals surface area contributed by atoms with E-state index >= 15 is 0 Å². The second-order valence-electron chi connectivity index (χ2n) is 4.32. The molecule has 0 aliphatic heterocycles. The molecule has 0 aliphatic rings. The molecule has 2 aromatic rings. The van der Waals surface area contributed by atoms with Crippen molar-refractivity contribution in [3.8, 4) is 5.75 Å². The second-order valence-corrected chi connectivity index (χ2v) is 4.32. The zero-order chi connectivity index (χ0) is 14.4. The van der Waals surface area contributed by atoms with Gasteiger partial charge in [0.1, 0.15) is 5.75 Å². The average Bonchev–Trinajstić information content (AvgIpc) is 2.46. The summed E-state index contributed by atoms with van der Waals surface area (Å²) >= 11 is 0. The predicted molar refractivity (Wildman–Crippen MR) is 78.3 cm³/mol. The second kappa shape index (κ2) is 6.61. The number of carboxylic acids is 1. The number of nitrogens with one attached hydrogen (secondary N) is 1. The van der Waals surface area contributed by atoms with Gasteiger partial charge in [-0.3, -0.25) is 0 Å². The molecule has 0 aliphatic carbocycles. The van der Waals surface area contributed by atoms with Gasteiger partial charge in [-0.05, 0) is 48.9 Å². The van der Waals surface area contributed by atoms with Crippen LogP contribution in [0.5, 0.6) is 5.75 Å². The molecule has 0 spiro atoms. The molecule has 0 saturated heterocycles. The third-order valence-corrected chi connectivity index (χ3v) is 2.84. The number of hydrogen-bond acceptors (Lipinski definition) is 3. The van der Waals surface area contributed by atoms with Gasteiger partial charge in [0, 0.05) is 12.2 Å². The van der Waals surface area contributed by atoms with Crippen LogP contribution < -0.4 is 10.1 Å². The van der Waals surface area contributed by atoms with Gasteiger partial charge < -0.3 is 15.2 Å². The summed E-state index contributed by atoms with van der Waals surface area (Å²) in [7, 11) is 0. The number of anilines is 1. The normalized spacial score (nSPS) is 10.1. The molecule has 0 amide bonds. The summed E-state index contributed by atoms with van der Waals surface area (Å²) in [5.41, 5.74) is 2.28. The van der Waals surface area contributed by atoms with Crippen LogP contribution in [0.4, 0.5) is 5.69 Å². The predicted octanol–water partition coefficient (Wildman–Crippen LogP) is 3.40. The highest BCUT2D eigenvalue weighted by molar-refractivity contribution is 5.87. The van der Waals surface area contributed by atoms with E-state index in [0.717, 1.165) is 17.0 Å². The third-order valence-electron chi connectivity index (χ3n) is 2.84. The Hall–Kier alpha value is -2.49. The zero-order valence-corrected chi connectivity index (χ0v) is 11.3. The molecule has 0 unspecified atom stereocenters. The fourth-order valence-electron chi connectivity index (χ4n) is 1.85. The lowest BCUT2D eigenvalue weighted by Gasteiger charge is -2.09. The molecule has 20 heavy (non-hydrogen) atoms. The standard InChI is InChI=1S/C16H17NO3/c1-2-20-15-5-3-4-12(10-15)11-17-14-8-6-13(7-9-14)16(18)19/h3-10,17H,2,11H2,1H3,(H,18,19). The highest BCUT2D eigenvalue weighted by Gasteiger charge is 2.02. The molecule has 2 N–H and O–H groups in total. The van der Waals surface area contributed by atoms with Crippen LogP contribution in [0.15, 0.2) is 48.5 Å². The van der Waals surface area contributed by atoms with E-state index in [1.807, 2.05) is 31.2 Å². The van der Waals surface area contributed by atoms with Crippen molar-refractivity contribution in [3.63, 3.8) is 0 Å². The van der Waals surface area contributed by atoms with Crippen molar-refractivity contribution in [2.45, 2.75) is 13.5 Å². The summed E-state index contributed by atoms with van der Waals surface area (Å²) in [5.74, 6) is -0.0611. The van der Waals surface area contributed by atoms with Crippen LogP contribution in [-0.4, -0.2) is 17.7 Å². The maximum Gasteiger partial charge on any atom is 0.335 e. The first kappa shape index (κ1) is 13.9. The number of ether oxygens (including phenoxy) is 1. The van der Waals surface area contributed by atoms with Gasteiger partial charge >= 0.3 is 5.97 Å². The average molecular weight is 271 g/mol. The Morgan fingerprint density at radius 3 is 2.60 bits per heavy atom. The van der Waals surface area contributed by atoms with Gasteiger partial charge in [-0.15, -0.1) is 0 Å². The van der Waals surface area contributed by atoms with Gasteiger partial charge in [-0.2, -0.15) is 0 Å². The molecule has 0 radical (unpaired) electrons. The Morgan fingerprint density at radius 1 is 1.20 bits per heavy atom. The van der Waals surface area contributed by atoms with E-state index in [1.165, 1.54) is 0 Å². The molecule has 4 heteroatoms. The highest BCUT2D eigenvalue weighted by atomic mass is 16.5. The fraction of sp³-hybridized carbons (Fsp3) is 0.188. The molecular weight excluding hydrogens is 254 g/mol. The van der Waals surface area contributed by atoms with Crippen molar-refractivity contribution in [2.24, 2.45) is 0 Å². The van der Waals surface area contributed by atoms with Gasteiger partial charge in [-0.25, -0.2) is 4.79 Å². The summed E-state index contributed by atoms with van der Waals surface area (Å²) in [6.07, 6.45) is 0. The van der Waals surface area contributed by atoms with Crippen molar-refractivity contribution in [1.82, 2.24) is 0 Å². The zero-order valence-electron chi connectivity index (χ0n) is 11.3. The smallest absolute Gasteiger partial charge is 0.335 e.